The molecule has 2 aromatic carbocycles. The fourth-order valence-electron chi connectivity index (χ4n) is 2.21. The van der Waals surface area contributed by atoms with Crippen LogP contribution in [0.4, 0.5) is 4.39 Å². The van der Waals surface area contributed by atoms with Crippen LogP contribution in [-0.2, 0) is 24.2 Å². The second kappa shape index (κ2) is 8.33. The van der Waals surface area contributed by atoms with Crippen molar-refractivity contribution in [2.45, 2.75) is 58.7 Å². The molecule has 0 spiro atoms. The Hall–Kier alpha value is -1.69. The summed E-state index contributed by atoms with van der Waals surface area (Å²) in [5, 5.41) is 9.33. The Morgan fingerprint density at radius 3 is 2.35 bits per heavy atom. The maximum atomic E-state index is 13.4. The standard InChI is InChI=1S/C21H29FO3Si/c1-21(2,3)26(4,5)25-15-16-7-6-8-19(12-16)24-14-17-9-10-20(22)18(11-17)13-23/h6-12,23H,13-15H2,1-5H3. The summed E-state index contributed by atoms with van der Waals surface area (Å²) in [4.78, 5) is 0. The number of aliphatic hydroxyl groups is 1. The fraction of sp³-hybridized carbons (Fsp3) is 0.429. The van der Waals surface area contributed by atoms with Crippen LogP contribution in [0.2, 0.25) is 18.1 Å². The fourth-order valence-corrected chi connectivity index (χ4v) is 3.17. The number of ether oxygens (including phenoxy) is 1. The Kier molecular flexibility index (Phi) is 6.61. The molecular formula is C21H29FO3Si. The van der Waals surface area contributed by atoms with Gasteiger partial charge in [0.25, 0.3) is 0 Å². The minimum atomic E-state index is -1.79. The summed E-state index contributed by atoms with van der Waals surface area (Å²) < 4.78 is 25.5. The van der Waals surface area contributed by atoms with Crippen LogP contribution in [0.15, 0.2) is 42.5 Å². The molecule has 0 saturated carbocycles. The summed E-state index contributed by atoms with van der Waals surface area (Å²) in [5.41, 5.74) is 2.17. The van der Waals surface area contributed by atoms with Crippen molar-refractivity contribution in [1.29, 1.82) is 0 Å². The lowest BCUT2D eigenvalue weighted by Crippen LogP contribution is -2.40. The Morgan fingerprint density at radius 1 is 1.00 bits per heavy atom. The molecule has 2 aromatic rings. The van der Waals surface area contributed by atoms with E-state index in [2.05, 4.69) is 33.9 Å². The summed E-state index contributed by atoms with van der Waals surface area (Å²) >= 11 is 0. The van der Waals surface area contributed by atoms with Crippen LogP contribution in [0.3, 0.4) is 0 Å². The number of aliphatic hydroxyl groups excluding tert-OH is 1. The average molecular weight is 377 g/mol. The monoisotopic (exact) mass is 376 g/mol. The third-order valence-corrected chi connectivity index (χ3v) is 9.47. The summed E-state index contributed by atoms with van der Waals surface area (Å²) in [6, 6.07) is 12.5. The van der Waals surface area contributed by atoms with Gasteiger partial charge in [-0.25, -0.2) is 4.39 Å². The van der Waals surface area contributed by atoms with Gasteiger partial charge in [0.05, 0.1) is 13.2 Å². The molecule has 2 rings (SSSR count). The molecule has 1 N–H and O–H groups in total. The van der Waals surface area contributed by atoms with E-state index in [1.165, 1.54) is 6.07 Å². The van der Waals surface area contributed by atoms with Crippen molar-refractivity contribution in [2.75, 3.05) is 0 Å². The Morgan fingerprint density at radius 2 is 1.69 bits per heavy atom. The SMILES string of the molecule is CC(C)(C)[Si](C)(C)OCc1cccc(OCc2ccc(F)c(CO)c2)c1. The lowest BCUT2D eigenvalue weighted by Gasteiger charge is -2.36. The first-order valence-corrected chi connectivity index (χ1v) is 11.8. The number of rotatable bonds is 7. The van der Waals surface area contributed by atoms with E-state index < -0.39 is 14.1 Å². The highest BCUT2D eigenvalue weighted by atomic mass is 28.4. The van der Waals surface area contributed by atoms with E-state index in [9.17, 15) is 4.39 Å². The molecule has 0 aliphatic rings. The van der Waals surface area contributed by atoms with E-state index in [-0.39, 0.29) is 17.2 Å². The van der Waals surface area contributed by atoms with Gasteiger partial charge in [0, 0.05) is 5.56 Å². The van der Waals surface area contributed by atoms with Crippen LogP contribution < -0.4 is 4.74 Å². The molecule has 0 heterocycles. The third-order valence-electron chi connectivity index (χ3n) is 4.99. The highest BCUT2D eigenvalue weighted by Crippen LogP contribution is 2.37. The molecule has 0 atom stereocenters. The summed E-state index contributed by atoms with van der Waals surface area (Å²) in [6.07, 6.45) is 0. The van der Waals surface area contributed by atoms with Crippen LogP contribution in [0.25, 0.3) is 0 Å². The normalized spacial score (nSPS) is 12.3. The van der Waals surface area contributed by atoms with E-state index in [4.69, 9.17) is 14.3 Å². The van der Waals surface area contributed by atoms with E-state index in [1.807, 2.05) is 24.3 Å². The maximum Gasteiger partial charge on any atom is 0.192 e. The smallest absolute Gasteiger partial charge is 0.192 e. The lowest BCUT2D eigenvalue weighted by molar-refractivity contribution is 0.271. The molecule has 0 aromatic heterocycles. The minimum Gasteiger partial charge on any atom is -0.489 e. The maximum absolute atomic E-state index is 13.4. The molecule has 26 heavy (non-hydrogen) atoms. The van der Waals surface area contributed by atoms with Crippen LogP contribution in [0, 0.1) is 5.82 Å². The van der Waals surface area contributed by atoms with Gasteiger partial charge < -0.3 is 14.3 Å². The van der Waals surface area contributed by atoms with Crippen molar-refractivity contribution in [3.05, 3.63) is 65.0 Å². The van der Waals surface area contributed by atoms with E-state index >= 15 is 0 Å². The second-order valence-corrected chi connectivity index (χ2v) is 12.9. The predicted molar refractivity (Wildman–Crippen MR) is 105 cm³/mol. The number of hydrogen-bond donors (Lipinski definition) is 1. The minimum absolute atomic E-state index is 0.175. The zero-order chi connectivity index (χ0) is 19.4. The number of benzene rings is 2. The molecule has 0 radical (unpaired) electrons. The van der Waals surface area contributed by atoms with Gasteiger partial charge in [0.1, 0.15) is 18.2 Å². The molecule has 3 nitrogen and oxygen atoms in total. The zero-order valence-electron chi connectivity index (χ0n) is 16.3. The van der Waals surface area contributed by atoms with Crippen molar-refractivity contribution in [2.24, 2.45) is 0 Å². The van der Waals surface area contributed by atoms with Crippen molar-refractivity contribution in [3.63, 3.8) is 0 Å². The van der Waals surface area contributed by atoms with Gasteiger partial charge in [-0.3, -0.25) is 0 Å². The Balaban J connectivity index is 1.99. The number of halogens is 1. The molecule has 0 unspecified atom stereocenters. The summed E-state index contributed by atoms with van der Waals surface area (Å²) in [6.45, 7) is 11.7. The van der Waals surface area contributed by atoms with Crippen molar-refractivity contribution < 1.29 is 18.7 Å². The molecule has 142 valence electrons. The molecule has 0 fully saturated rings. The largest absolute Gasteiger partial charge is 0.489 e. The van der Waals surface area contributed by atoms with E-state index in [0.29, 0.717) is 13.2 Å². The van der Waals surface area contributed by atoms with E-state index in [0.717, 1.165) is 16.9 Å². The second-order valence-electron chi connectivity index (χ2n) is 8.07. The topological polar surface area (TPSA) is 38.7 Å². The molecule has 0 amide bonds. The first kappa shape index (κ1) is 20.6. The van der Waals surface area contributed by atoms with Gasteiger partial charge in [-0.1, -0.05) is 39.0 Å². The van der Waals surface area contributed by atoms with Gasteiger partial charge in [0.15, 0.2) is 8.32 Å². The molecule has 0 saturated heterocycles. The molecule has 5 heteroatoms. The Bertz CT molecular complexity index is 738. The Labute approximate surface area is 156 Å². The van der Waals surface area contributed by atoms with Gasteiger partial charge in [-0.2, -0.15) is 0 Å². The summed E-state index contributed by atoms with van der Waals surface area (Å²) in [5.74, 6) is 0.345. The van der Waals surface area contributed by atoms with Crippen LogP contribution in [0.1, 0.15) is 37.5 Å². The molecular weight excluding hydrogens is 347 g/mol. The van der Waals surface area contributed by atoms with Crippen molar-refractivity contribution in [3.8, 4) is 5.75 Å². The van der Waals surface area contributed by atoms with Gasteiger partial charge in [-0.05, 0) is 53.5 Å². The van der Waals surface area contributed by atoms with Gasteiger partial charge in [0.2, 0.25) is 0 Å². The summed E-state index contributed by atoms with van der Waals surface area (Å²) in [7, 11) is -1.79. The molecule has 0 bridgehead atoms. The van der Waals surface area contributed by atoms with Crippen LogP contribution >= 0.6 is 0 Å². The van der Waals surface area contributed by atoms with Crippen molar-refractivity contribution >= 4 is 8.32 Å². The van der Waals surface area contributed by atoms with Crippen molar-refractivity contribution in [1.82, 2.24) is 0 Å². The number of hydrogen-bond acceptors (Lipinski definition) is 3. The highest BCUT2D eigenvalue weighted by Gasteiger charge is 2.36. The first-order valence-electron chi connectivity index (χ1n) is 8.86. The van der Waals surface area contributed by atoms with Crippen LogP contribution in [-0.4, -0.2) is 13.4 Å². The molecule has 0 aliphatic heterocycles. The van der Waals surface area contributed by atoms with E-state index in [1.54, 1.807) is 12.1 Å². The average Bonchev–Trinajstić information content (AvgIpc) is 2.59. The first-order chi connectivity index (χ1) is 12.1. The molecule has 0 aliphatic carbocycles. The quantitative estimate of drug-likeness (QED) is 0.656. The predicted octanol–water partition coefficient (Wildman–Crippen LogP) is 5.42. The zero-order valence-corrected chi connectivity index (χ0v) is 17.3. The van der Waals surface area contributed by atoms with Gasteiger partial charge in [-0.15, -0.1) is 0 Å². The highest BCUT2D eigenvalue weighted by molar-refractivity contribution is 6.74. The third kappa shape index (κ3) is 5.40. The van der Waals surface area contributed by atoms with Gasteiger partial charge >= 0.3 is 0 Å². The van der Waals surface area contributed by atoms with Crippen LogP contribution in [0.5, 0.6) is 5.75 Å². The lowest BCUT2D eigenvalue weighted by atomic mass is 10.1.